The summed E-state index contributed by atoms with van der Waals surface area (Å²) in [6.07, 6.45) is 5.27. The molecule has 3 aliphatic rings. The first kappa shape index (κ1) is 19.9. The largest absolute Gasteiger partial charge is 0.353 e. The number of nitrogens with zero attached hydrogens (tertiary/aromatic N) is 2. The number of pyridine rings is 1. The molecule has 0 fully saturated rings. The van der Waals surface area contributed by atoms with E-state index in [0.717, 1.165) is 44.7 Å². The van der Waals surface area contributed by atoms with Crippen LogP contribution in [0.3, 0.4) is 0 Å². The maximum absolute atomic E-state index is 14.7. The van der Waals surface area contributed by atoms with Gasteiger partial charge >= 0.3 is 0 Å². The molecule has 0 saturated heterocycles. The molecule has 0 radical (unpaired) electrons. The molecular formula is C24H25FN4O2. The van der Waals surface area contributed by atoms with Crippen molar-refractivity contribution in [1.29, 1.82) is 0 Å². The van der Waals surface area contributed by atoms with Crippen molar-refractivity contribution in [2.45, 2.75) is 39.3 Å². The molecule has 0 bridgehead atoms. The zero-order valence-corrected chi connectivity index (χ0v) is 17.7. The Bertz CT molecular complexity index is 1210. The predicted octanol–water partition coefficient (Wildman–Crippen LogP) is 3.35. The molecule has 1 aromatic heterocycles. The van der Waals surface area contributed by atoms with Crippen molar-refractivity contribution in [3.63, 3.8) is 0 Å². The molecule has 1 unspecified atom stereocenters. The third-order valence-electron chi connectivity index (χ3n) is 6.58. The van der Waals surface area contributed by atoms with E-state index in [0.29, 0.717) is 30.5 Å². The number of allylic oxidation sites excluding steroid dienone is 3. The van der Waals surface area contributed by atoms with Crippen molar-refractivity contribution in [2.24, 2.45) is 5.73 Å². The summed E-state index contributed by atoms with van der Waals surface area (Å²) in [6.45, 7) is 8.75. The highest BCUT2D eigenvalue weighted by molar-refractivity contribution is 5.92. The molecule has 7 heteroatoms. The van der Waals surface area contributed by atoms with Crippen molar-refractivity contribution >= 4 is 22.5 Å². The molecule has 0 spiro atoms. The molecular weight excluding hydrogens is 395 g/mol. The topological polar surface area (TPSA) is 80.5 Å². The van der Waals surface area contributed by atoms with E-state index in [1.807, 2.05) is 26.0 Å². The lowest BCUT2D eigenvalue weighted by Crippen LogP contribution is -2.33. The van der Waals surface area contributed by atoms with Crippen LogP contribution in [-0.4, -0.2) is 29.1 Å². The molecule has 31 heavy (non-hydrogen) atoms. The van der Waals surface area contributed by atoms with Crippen LogP contribution >= 0.6 is 0 Å². The van der Waals surface area contributed by atoms with Crippen LogP contribution in [0, 0.1) is 12.7 Å². The van der Waals surface area contributed by atoms with Gasteiger partial charge in [0.15, 0.2) is 0 Å². The van der Waals surface area contributed by atoms with Crippen molar-refractivity contribution in [1.82, 2.24) is 15.2 Å². The Morgan fingerprint density at radius 2 is 2.19 bits per heavy atom. The van der Waals surface area contributed by atoms with Gasteiger partial charge in [-0.3, -0.25) is 4.79 Å². The summed E-state index contributed by atoms with van der Waals surface area (Å²) in [7, 11) is 0. The Morgan fingerprint density at radius 1 is 1.39 bits per heavy atom. The van der Waals surface area contributed by atoms with Gasteiger partial charge in [-0.05, 0) is 55.0 Å². The van der Waals surface area contributed by atoms with E-state index >= 15 is 0 Å². The van der Waals surface area contributed by atoms with Crippen LogP contribution in [0.1, 0.15) is 47.4 Å². The van der Waals surface area contributed by atoms with Crippen LogP contribution in [0.25, 0.3) is 16.6 Å². The summed E-state index contributed by atoms with van der Waals surface area (Å²) in [5.74, 6) is -0.498. The summed E-state index contributed by atoms with van der Waals surface area (Å²) in [6, 6.07) is 1.53. The summed E-state index contributed by atoms with van der Waals surface area (Å²) in [4.78, 5) is 18.6. The molecule has 2 aliphatic heterocycles. The fourth-order valence-corrected chi connectivity index (χ4v) is 4.86. The molecule has 1 amide bonds. The van der Waals surface area contributed by atoms with E-state index in [1.54, 1.807) is 0 Å². The van der Waals surface area contributed by atoms with Crippen molar-refractivity contribution < 1.29 is 13.9 Å². The molecule has 3 heterocycles. The van der Waals surface area contributed by atoms with Gasteiger partial charge in [-0.1, -0.05) is 12.7 Å². The molecule has 6 nitrogen and oxygen atoms in total. The number of aromatic nitrogens is 1. The smallest absolute Gasteiger partial charge is 0.235 e. The van der Waals surface area contributed by atoms with E-state index < -0.39 is 0 Å². The van der Waals surface area contributed by atoms with Gasteiger partial charge in [0.25, 0.3) is 0 Å². The first-order valence-corrected chi connectivity index (χ1v) is 10.5. The van der Waals surface area contributed by atoms with Gasteiger partial charge < -0.3 is 20.7 Å². The SMILES string of the molecule is C=C1C(C)=CC=C2c3nc4cc(F)c(C)c5c4c(c3CN12)C(OCNC(=O)CN)CC5. The predicted molar refractivity (Wildman–Crippen MR) is 117 cm³/mol. The molecule has 1 atom stereocenters. The van der Waals surface area contributed by atoms with Gasteiger partial charge in [0.05, 0.1) is 36.1 Å². The van der Waals surface area contributed by atoms with Gasteiger partial charge in [-0.2, -0.15) is 0 Å². The van der Waals surface area contributed by atoms with E-state index in [1.165, 1.54) is 6.07 Å². The average Bonchev–Trinajstić information content (AvgIpc) is 3.13. The number of halogens is 1. The first-order valence-electron chi connectivity index (χ1n) is 10.5. The third-order valence-corrected chi connectivity index (χ3v) is 6.58. The highest BCUT2D eigenvalue weighted by Crippen LogP contribution is 2.48. The fraction of sp³-hybridized carbons (Fsp3) is 0.333. The second-order valence-electron chi connectivity index (χ2n) is 8.29. The number of carbonyl (C=O) groups is 1. The lowest BCUT2D eigenvalue weighted by Gasteiger charge is -2.29. The van der Waals surface area contributed by atoms with E-state index in [-0.39, 0.29) is 31.1 Å². The molecule has 5 rings (SSSR count). The van der Waals surface area contributed by atoms with Crippen LogP contribution in [0.2, 0.25) is 0 Å². The molecule has 3 N–H and O–H groups in total. The van der Waals surface area contributed by atoms with Crippen LogP contribution in [0.4, 0.5) is 4.39 Å². The number of rotatable bonds is 4. The number of hydrogen-bond donors (Lipinski definition) is 2. The standard InChI is InChI=1S/C24H25FN4O2/c1-12-4-6-19-24-16(10-29(19)14(12)3)23-20(31-11-27-21(30)9-26)7-5-15-13(2)17(25)8-18(28-24)22(15)23/h4,6,8,20H,3,5,7,9-11,26H2,1-2H3,(H,27,30). The molecule has 1 aromatic carbocycles. The summed E-state index contributed by atoms with van der Waals surface area (Å²) >= 11 is 0. The Balaban J connectivity index is 1.68. The average molecular weight is 420 g/mol. The summed E-state index contributed by atoms with van der Waals surface area (Å²) in [5.41, 5.74) is 13.7. The number of carbonyl (C=O) groups excluding carboxylic acids is 1. The molecule has 0 saturated carbocycles. The highest BCUT2D eigenvalue weighted by Gasteiger charge is 2.37. The molecule has 1 aliphatic carbocycles. The monoisotopic (exact) mass is 420 g/mol. The number of ether oxygens (including phenoxy) is 1. The number of nitrogens with two attached hydrogens (primary N) is 1. The quantitative estimate of drug-likeness (QED) is 0.742. The van der Waals surface area contributed by atoms with E-state index in [2.05, 4.69) is 16.8 Å². The van der Waals surface area contributed by atoms with Crippen molar-refractivity contribution in [2.75, 3.05) is 13.3 Å². The minimum atomic E-state index is -0.264. The highest BCUT2D eigenvalue weighted by atomic mass is 19.1. The molecule has 2 aromatic rings. The Kier molecular flexibility index (Phi) is 4.68. The van der Waals surface area contributed by atoms with Crippen LogP contribution < -0.4 is 11.1 Å². The van der Waals surface area contributed by atoms with Crippen molar-refractivity contribution in [3.05, 3.63) is 69.8 Å². The Morgan fingerprint density at radius 3 is 2.97 bits per heavy atom. The summed E-state index contributed by atoms with van der Waals surface area (Å²) in [5, 5.41) is 3.66. The van der Waals surface area contributed by atoms with Crippen LogP contribution in [0.15, 0.2) is 36.1 Å². The minimum Gasteiger partial charge on any atom is -0.353 e. The fourth-order valence-electron chi connectivity index (χ4n) is 4.86. The number of nitrogens with one attached hydrogen (secondary N) is 1. The zero-order chi connectivity index (χ0) is 21.9. The van der Waals surface area contributed by atoms with Crippen LogP contribution in [0.5, 0.6) is 0 Å². The third kappa shape index (κ3) is 2.99. The normalized spacial score (nSPS) is 19.2. The number of benzene rings is 1. The number of amides is 1. The van der Waals surface area contributed by atoms with E-state index in [4.69, 9.17) is 15.5 Å². The number of aryl methyl sites for hydroxylation is 1. The maximum Gasteiger partial charge on any atom is 0.235 e. The second kappa shape index (κ2) is 7.28. The van der Waals surface area contributed by atoms with Gasteiger partial charge in [0, 0.05) is 22.7 Å². The lowest BCUT2D eigenvalue weighted by atomic mass is 9.83. The Labute approximate surface area is 180 Å². The van der Waals surface area contributed by atoms with Gasteiger partial charge in [-0.15, -0.1) is 0 Å². The molecule has 160 valence electrons. The van der Waals surface area contributed by atoms with Crippen LogP contribution in [-0.2, 0) is 22.5 Å². The van der Waals surface area contributed by atoms with Gasteiger partial charge in [0.2, 0.25) is 5.91 Å². The summed E-state index contributed by atoms with van der Waals surface area (Å²) < 4.78 is 20.8. The number of fused-ring (bicyclic) bond motifs is 4. The minimum absolute atomic E-state index is 0.0780. The number of hydrogen-bond acceptors (Lipinski definition) is 5. The maximum atomic E-state index is 14.7. The first-order chi connectivity index (χ1) is 14.9. The lowest BCUT2D eigenvalue weighted by molar-refractivity contribution is -0.122. The zero-order valence-electron chi connectivity index (χ0n) is 17.7. The van der Waals surface area contributed by atoms with Crippen molar-refractivity contribution in [3.8, 4) is 0 Å². The Hall–Kier alpha value is -3.03. The van der Waals surface area contributed by atoms with Gasteiger partial charge in [0.1, 0.15) is 12.5 Å². The van der Waals surface area contributed by atoms with E-state index in [9.17, 15) is 9.18 Å². The second-order valence-corrected chi connectivity index (χ2v) is 8.29. The van der Waals surface area contributed by atoms with Gasteiger partial charge in [-0.25, -0.2) is 9.37 Å².